The van der Waals surface area contributed by atoms with Crippen molar-refractivity contribution in [2.45, 2.75) is 26.3 Å². The van der Waals surface area contributed by atoms with Gasteiger partial charge in [-0.3, -0.25) is 4.79 Å². The van der Waals surface area contributed by atoms with Crippen LogP contribution in [0.25, 0.3) is 0 Å². The lowest BCUT2D eigenvalue weighted by atomic mass is 10.0. The van der Waals surface area contributed by atoms with Gasteiger partial charge in [-0.05, 0) is 37.0 Å². The van der Waals surface area contributed by atoms with E-state index in [0.717, 1.165) is 18.7 Å². The van der Waals surface area contributed by atoms with Crippen LogP contribution in [0.5, 0.6) is 0 Å². The molecular weight excluding hydrogens is 228 g/mol. The molecule has 18 heavy (non-hydrogen) atoms. The first-order valence-corrected chi connectivity index (χ1v) is 6.40. The number of aliphatic hydroxyl groups is 1. The van der Waals surface area contributed by atoms with E-state index in [1.54, 1.807) is 0 Å². The van der Waals surface area contributed by atoms with Gasteiger partial charge in [0, 0.05) is 30.4 Å². The van der Waals surface area contributed by atoms with Crippen LogP contribution in [0.3, 0.4) is 0 Å². The standard InChI is InChI=1S/C14H20N2O2/c1-9(8-17)10(2)16-14(18)12-4-3-11-5-6-15-13(11)7-12/h3-4,7,9-10,15,17H,5-6,8H2,1-2H3,(H,16,18). The van der Waals surface area contributed by atoms with Gasteiger partial charge in [-0.1, -0.05) is 13.0 Å². The van der Waals surface area contributed by atoms with Gasteiger partial charge in [-0.15, -0.1) is 0 Å². The topological polar surface area (TPSA) is 61.4 Å². The normalized spacial score (nSPS) is 16.6. The second kappa shape index (κ2) is 5.40. The molecule has 0 bridgehead atoms. The van der Waals surface area contributed by atoms with E-state index in [1.807, 2.05) is 32.0 Å². The maximum Gasteiger partial charge on any atom is 0.251 e. The number of aliphatic hydroxyl groups excluding tert-OH is 1. The molecule has 0 aromatic heterocycles. The lowest BCUT2D eigenvalue weighted by Crippen LogP contribution is -2.38. The third-order valence-corrected chi connectivity index (χ3v) is 3.58. The molecule has 2 rings (SSSR count). The molecule has 2 atom stereocenters. The molecule has 1 amide bonds. The number of benzene rings is 1. The Hall–Kier alpha value is -1.55. The van der Waals surface area contributed by atoms with Crippen LogP contribution in [0.1, 0.15) is 29.8 Å². The Balaban J connectivity index is 2.05. The van der Waals surface area contributed by atoms with Crippen molar-refractivity contribution in [3.05, 3.63) is 29.3 Å². The zero-order chi connectivity index (χ0) is 13.1. The number of rotatable bonds is 4. The molecule has 0 radical (unpaired) electrons. The van der Waals surface area contributed by atoms with Gasteiger partial charge in [0.05, 0.1) is 0 Å². The third-order valence-electron chi connectivity index (χ3n) is 3.58. The number of fused-ring (bicyclic) bond motifs is 1. The van der Waals surface area contributed by atoms with Crippen molar-refractivity contribution < 1.29 is 9.90 Å². The SMILES string of the molecule is CC(CO)C(C)NC(=O)c1ccc2c(c1)NCC2. The van der Waals surface area contributed by atoms with E-state index in [9.17, 15) is 4.79 Å². The molecule has 1 aliphatic heterocycles. The highest BCUT2D eigenvalue weighted by molar-refractivity contribution is 5.95. The molecule has 1 aromatic carbocycles. The smallest absolute Gasteiger partial charge is 0.251 e. The fraction of sp³-hybridized carbons (Fsp3) is 0.500. The second-order valence-electron chi connectivity index (χ2n) is 4.97. The molecule has 0 fully saturated rings. The number of amides is 1. The number of carbonyl (C=O) groups is 1. The van der Waals surface area contributed by atoms with Crippen molar-refractivity contribution in [3.63, 3.8) is 0 Å². The molecule has 3 N–H and O–H groups in total. The molecule has 4 heteroatoms. The Labute approximate surface area is 107 Å². The monoisotopic (exact) mass is 248 g/mol. The molecule has 1 aromatic rings. The molecule has 1 heterocycles. The van der Waals surface area contributed by atoms with Crippen molar-refractivity contribution >= 4 is 11.6 Å². The Kier molecular flexibility index (Phi) is 3.87. The first kappa shape index (κ1) is 12.9. The first-order valence-electron chi connectivity index (χ1n) is 6.40. The summed E-state index contributed by atoms with van der Waals surface area (Å²) in [5.41, 5.74) is 2.99. The molecule has 0 aliphatic carbocycles. The lowest BCUT2D eigenvalue weighted by molar-refractivity contribution is 0.0916. The van der Waals surface area contributed by atoms with Crippen LogP contribution in [0, 0.1) is 5.92 Å². The first-order chi connectivity index (χ1) is 8.61. The quantitative estimate of drug-likeness (QED) is 0.755. The minimum absolute atomic E-state index is 0.0382. The summed E-state index contributed by atoms with van der Waals surface area (Å²) < 4.78 is 0. The van der Waals surface area contributed by atoms with E-state index < -0.39 is 0 Å². The number of hydrogen-bond acceptors (Lipinski definition) is 3. The van der Waals surface area contributed by atoms with Crippen LogP contribution in [0.15, 0.2) is 18.2 Å². The minimum Gasteiger partial charge on any atom is -0.396 e. The fourth-order valence-corrected chi connectivity index (χ4v) is 2.02. The van der Waals surface area contributed by atoms with Crippen LogP contribution in [-0.4, -0.2) is 30.2 Å². The molecule has 4 nitrogen and oxygen atoms in total. The average Bonchev–Trinajstić information content (AvgIpc) is 2.84. The summed E-state index contributed by atoms with van der Waals surface area (Å²) in [5, 5.41) is 15.2. The summed E-state index contributed by atoms with van der Waals surface area (Å²) in [4.78, 5) is 12.1. The van der Waals surface area contributed by atoms with E-state index >= 15 is 0 Å². The van der Waals surface area contributed by atoms with E-state index in [-0.39, 0.29) is 24.5 Å². The fourth-order valence-electron chi connectivity index (χ4n) is 2.02. The molecule has 1 aliphatic rings. The number of nitrogens with one attached hydrogen (secondary N) is 2. The molecule has 0 saturated heterocycles. The zero-order valence-corrected chi connectivity index (χ0v) is 10.9. The predicted molar refractivity (Wildman–Crippen MR) is 71.8 cm³/mol. The largest absolute Gasteiger partial charge is 0.396 e. The van der Waals surface area contributed by atoms with Gasteiger partial charge in [-0.25, -0.2) is 0 Å². The highest BCUT2D eigenvalue weighted by atomic mass is 16.3. The van der Waals surface area contributed by atoms with Crippen LogP contribution in [0.2, 0.25) is 0 Å². The van der Waals surface area contributed by atoms with Crippen molar-refractivity contribution in [2.24, 2.45) is 5.92 Å². The summed E-state index contributed by atoms with van der Waals surface area (Å²) in [6.07, 6.45) is 1.02. The maximum absolute atomic E-state index is 12.1. The Morgan fingerprint density at radius 3 is 3.00 bits per heavy atom. The molecular formula is C14H20N2O2. The van der Waals surface area contributed by atoms with Gasteiger partial charge >= 0.3 is 0 Å². The van der Waals surface area contributed by atoms with Crippen molar-refractivity contribution in [1.29, 1.82) is 0 Å². The third kappa shape index (κ3) is 2.64. The summed E-state index contributed by atoms with van der Waals surface area (Å²) >= 11 is 0. The van der Waals surface area contributed by atoms with Gasteiger partial charge in [0.1, 0.15) is 0 Å². The molecule has 2 unspecified atom stereocenters. The highest BCUT2D eigenvalue weighted by Crippen LogP contribution is 2.23. The van der Waals surface area contributed by atoms with Gasteiger partial charge < -0.3 is 15.7 Å². The number of anilines is 1. The second-order valence-corrected chi connectivity index (χ2v) is 4.97. The van der Waals surface area contributed by atoms with Crippen LogP contribution >= 0.6 is 0 Å². The van der Waals surface area contributed by atoms with E-state index in [0.29, 0.717) is 5.56 Å². The molecule has 0 spiro atoms. The highest BCUT2D eigenvalue weighted by Gasteiger charge is 2.17. The van der Waals surface area contributed by atoms with Gasteiger partial charge in [-0.2, -0.15) is 0 Å². The molecule has 0 saturated carbocycles. The van der Waals surface area contributed by atoms with Gasteiger partial charge in [0.2, 0.25) is 0 Å². The van der Waals surface area contributed by atoms with E-state index in [2.05, 4.69) is 10.6 Å². The predicted octanol–water partition coefficient (Wildman–Crippen LogP) is 1.40. The van der Waals surface area contributed by atoms with Gasteiger partial charge in [0.15, 0.2) is 0 Å². The maximum atomic E-state index is 12.1. The summed E-state index contributed by atoms with van der Waals surface area (Å²) in [6.45, 7) is 4.84. The Morgan fingerprint density at radius 1 is 1.50 bits per heavy atom. The summed E-state index contributed by atoms with van der Waals surface area (Å²) in [6, 6.07) is 5.72. The Morgan fingerprint density at radius 2 is 2.28 bits per heavy atom. The van der Waals surface area contributed by atoms with Crippen molar-refractivity contribution in [2.75, 3.05) is 18.5 Å². The van der Waals surface area contributed by atoms with Crippen molar-refractivity contribution in [3.8, 4) is 0 Å². The Bertz CT molecular complexity index is 445. The average molecular weight is 248 g/mol. The van der Waals surface area contributed by atoms with Crippen LogP contribution in [-0.2, 0) is 6.42 Å². The number of carbonyl (C=O) groups excluding carboxylic acids is 1. The van der Waals surface area contributed by atoms with Crippen LogP contribution < -0.4 is 10.6 Å². The van der Waals surface area contributed by atoms with Gasteiger partial charge in [0.25, 0.3) is 5.91 Å². The number of hydrogen-bond donors (Lipinski definition) is 3. The van der Waals surface area contributed by atoms with E-state index in [4.69, 9.17) is 5.11 Å². The molecule has 98 valence electrons. The van der Waals surface area contributed by atoms with E-state index in [1.165, 1.54) is 5.56 Å². The van der Waals surface area contributed by atoms with Crippen LogP contribution in [0.4, 0.5) is 5.69 Å². The van der Waals surface area contributed by atoms with Crippen molar-refractivity contribution in [1.82, 2.24) is 5.32 Å². The lowest BCUT2D eigenvalue weighted by Gasteiger charge is -2.19. The minimum atomic E-state index is -0.0840. The zero-order valence-electron chi connectivity index (χ0n) is 10.9. The summed E-state index contributed by atoms with van der Waals surface area (Å²) in [5.74, 6) is -0.0270. The summed E-state index contributed by atoms with van der Waals surface area (Å²) in [7, 11) is 0.